The molecule has 0 unspecified atom stereocenters. The predicted molar refractivity (Wildman–Crippen MR) is 150 cm³/mol. The lowest BCUT2D eigenvalue weighted by Gasteiger charge is -2.25. The van der Waals surface area contributed by atoms with Gasteiger partial charge >= 0.3 is 0 Å². The van der Waals surface area contributed by atoms with Gasteiger partial charge in [0.1, 0.15) is 11.6 Å². The maximum atomic E-state index is 13.8. The molecule has 3 aromatic rings. The van der Waals surface area contributed by atoms with Crippen LogP contribution in [0.5, 0.6) is 0 Å². The molecule has 0 aliphatic heterocycles. The molecule has 0 saturated carbocycles. The number of aliphatic hydroxyl groups is 1. The Hall–Kier alpha value is -2.65. The second kappa shape index (κ2) is 15.1. The summed E-state index contributed by atoms with van der Waals surface area (Å²) in [6, 6.07) is 14.5. The van der Waals surface area contributed by atoms with E-state index in [9.17, 15) is 18.7 Å². The van der Waals surface area contributed by atoms with Crippen LogP contribution in [0, 0.1) is 11.6 Å². The van der Waals surface area contributed by atoms with Gasteiger partial charge in [0.15, 0.2) is 0 Å². The summed E-state index contributed by atoms with van der Waals surface area (Å²) in [4.78, 5) is 17.0. The third-order valence-electron chi connectivity index (χ3n) is 6.45. The summed E-state index contributed by atoms with van der Waals surface area (Å²) in [6.07, 6.45) is 2.30. The van der Waals surface area contributed by atoms with E-state index in [0.29, 0.717) is 17.0 Å². The highest BCUT2D eigenvalue weighted by atomic mass is 32.1. The maximum absolute atomic E-state index is 13.8. The van der Waals surface area contributed by atoms with Gasteiger partial charge < -0.3 is 20.6 Å². The molecule has 2 atom stereocenters. The van der Waals surface area contributed by atoms with Crippen LogP contribution in [-0.4, -0.2) is 48.2 Å². The van der Waals surface area contributed by atoms with Gasteiger partial charge in [-0.3, -0.25) is 4.79 Å². The van der Waals surface area contributed by atoms with E-state index in [1.54, 1.807) is 6.07 Å². The number of hydrogen-bond donors (Lipinski definition) is 3. The van der Waals surface area contributed by atoms with E-state index in [1.165, 1.54) is 29.0 Å². The first-order valence-corrected chi connectivity index (χ1v) is 14.1. The number of benzene rings is 2. The number of nitrogens with one attached hydrogen (secondary N) is 2. The average Bonchev–Trinajstić information content (AvgIpc) is 3.35. The number of aryl methyl sites for hydroxylation is 1. The Morgan fingerprint density at radius 3 is 2.47 bits per heavy atom. The highest BCUT2D eigenvalue weighted by molar-refractivity contribution is 7.14. The number of hydrogen-bond acceptors (Lipinski definition) is 5. The van der Waals surface area contributed by atoms with Crippen molar-refractivity contribution in [2.45, 2.75) is 64.8 Å². The van der Waals surface area contributed by atoms with E-state index < -0.39 is 23.8 Å². The molecule has 206 valence electrons. The summed E-state index contributed by atoms with van der Waals surface area (Å²) in [5.41, 5.74) is 2.70. The SMILES string of the molecule is CCCCN(C)Cc1ccc(C(=O)N[C@@H](Cc2cc(F)cc(F)c2)[C@H](O)CNCc2cccc(CC)c2)s1. The molecule has 1 amide bonds. The molecule has 1 heterocycles. The Morgan fingerprint density at radius 2 is 1.76 bits per heavy atom. The number of carbonyl (C=O) groups is 1. The van der Waals surface area contributed by atoms with Crippen molar-refractivity contribution in [2.75, 3.05) is 20.1 Å². The zero-order valence-corrected chi connectivity index (χ0v) is 23.3. The van der Waals surface area contributed by atoms with Crippen molar-refractivity contribution in [3.05, 3.63) is 92.7 Å². The normalized spacial score (nSPS) is 13.0. The summed E-state index contributed by atoms with van der Waals surface area (Å²) < 4.78 is 27.7. The second-order valence-corrected chi connectivity index (χ2v) is 11.0. The first kappa shape index (κ1) is 29.9. The monoisotopic (exact) mass is 543 g/mol. The van der Waals surface area contributed by atoms with Crippen molar-refractivity contribution in [1.29, 1.82) is 0 Å². The summed E-state index contributed by atoms with van der Waals surface area (Å²) in [7, 11) is 2.06. The lowest BCUT2D eigenvalue weighted by Crippen LogP contribution is -2.48. The van der Waals surface area contributed by atoms with Gasteiger partial charge in [-0.05, 0) is 73.8 Å². The van der Waals surface area contributed by atoms with Crippen LogP contribution >= 0.6 is 11.3 Å². The van der Waals surface area contributed by atoms with Crippen molar-refractivity contribution < 1.29 is 18.7 Å². The molecule has 0 fully saturated rings. The van der Waals surface area contributed by atoms with E-state index in [1.807, 2.05) is 18.2 Å². The molecule has 0 aliphatic carbocycles. The van der Waals surface area contributed by atoms with Crippen LogP contribution in [0.4, 0.5) is 8.78 Å². The van der Waals surface area contributed by atoms with Gasteiger partial charge in [0.05, 0.1) is 17.0 Å². The Labute approximate surface area is 228 Å². The van der Waals surface area contributed by atoms with Crippen LogP contribution in [0.1, 0.15) is 57.9 Å². The molecule has 5 nitrogen and oxygen atoms in total. The minimum atomic E-state index is -0.973. The molecular formula is C30H39F2N3O2S. The van der Waals surface area contributed by atoms with E-state index in [4.69, 9.17) is 0 Å². The highest BCUT2D eigenvalue weighted by Crippen LogP contribution is 2.19. The molecule has 1 aromatic heterocycles. The molecule has 0 aliphatic rings. The highest BCUT2D eigenvalue weighted by Gasteiger charge is 2.24. The van der Waals surface area contributed by atoms with Crippen molar-refractivity contribution in [2.24, 2.45) is 0 Å². The van der Waals surface area contributed by atoms with Crippen LogP contribution in [0.25, 0.3) is 0 Å². The summed E-state index contributed by atoms with van der Waals surface area (Å²) in [5.74, 6) is -1.69. The van der Waals surface area contributed by atoms with Gasteiger partial charge in [-0.15, -0.1) is 11.3 Å². The summed E-state index contributed by atoms with van der Waals surface area (Å²) in [5, 5.41) is 17.2. The van der Waals surface area contributed by atoms with Crippen molar-refractivity contribution in [1.82, 2.24) is 15.5 Å². The molecule has 0 spiro atoms. The lowest BCUT2D eigenvalue weighted by atomic mass is 10.0. The topological polar surface area (TPSA) is 64.6 Å². The van der Waals surface area contributed by atoms with E-state index in [-0.39, 0.29) is 18.9 Å². The minimum Gasteiger partial charge on any atom is -0.390 e. The van der Waals surface area contributed by atoms with Crippen molar-refractivity contribution in [3.8, 4) is 0 Å². The fourth-order valence-electron chi connectivity index (χ4n) is 4.33. The first-order chi connectivity index (χ1) is 18.3. The third kappa shape index (κ3) is 9.58. The number of halogens is 2. The quantitative estimate of drug-likeness (QED) is 0.243. The Balaban J connectivity index is 1.67. The fraction of sp³-hybridized carbons (Fsp3) is 0.433. The van der Waals surface area contributed by atoms with Crippen LogP contribution in [-0.2, 0) is 25.9 Å². The predicted octanol–water partition coefficient (Wildman–Crippen LogP) is 5.31. The number of nitrogens with zero attached hydrogens (tertiary/aromatic N) is 1. The van der Waals surface area contributed by atoms with Crippen LogP contribution in [0.3, 0.4) is 0 Å². The van der Waals surface area contributed by atoms with Gasteiger partial charge in [-0.1, -0.05) is 44.5 Å². The van der Waals surface area contributed by atoms with Gasteiger partial charge in [-0.25, -0.2) is 8.78 Å². The summed E-state index contributed by atoms with van der Waals surface area (Å²) >= 11 is 1.42. The molecule has 38 heavy (non-hydrogen) atoms. The number of thiophene rings is 1. The van der Waals surface area contributed by atoms with Gasteiger partial charge in [0.25, 0.3) is 5.91 Å². The van der Waals surface area contributed by atoms with E-state index >= 15 is 0 Å². The molecule has 8 heteroatoms. The van der Waals surface area contributed by atoms with Gasteiger partial charge in [0, 0.05) is 30.6 Å². The number of carbonyl (C=O) groups excluding carboxylic acids is 1. The Bertz CT molecular complexity index is 1150. The second-order valence-electron chi connectivity index (χ2n) is 9.79. The van der Waals surface area contributed by atoms with Crippen molar-refractivity contribution in [3.63, 3.8) is 0 Å². The fourth-order valence-corrected chi connectivity index (χ4v) is 5.32. The molecule has 2 aromatic carbocycles. The van der Waals surface area contributed by atoms with Crippen LogP contribution < -0.4 is 10.6 Å². The Morgan fingerprint density at radius 1 is 1.03 bits per heavy atom. The lowest BCUT2D eigenvalue weighted by molar-refractivity contribution is 0.0833. The largest absolute Gasteiger partial charge is 0.390 e. The number of rotatable bonds is 15. The van der Waals surface area contributed by atoms with Crippen LogP contribution in [0.15, 0.2) is 54.6 Å². The zero-order chi connectivity index (χ0) is 27.5. The third-order valence-corrected chi connectivity index (χ3v) is 7.51. The molecule has 0 saturated heterocycles. The average molecular weight is 544 g/mol. The molecule has 0 bridgehead atoms. The Kier molecular flexibility index (Phi) is 11.9. The zero-order valence-electron chi connectivity index (χ0n) is 22.5. The van der Waals surface area contributed by atoms with Crippen molar-refractivity contribution >= 4 is 17.2 Å². The van der Waals surface area contributed by atoms with Crippen LogP contribution in [0.2, 0.25) is 0 Å². The van der Waals surface area contributed by atoms with E-state index in [0.717, 1.165) is 48.9 Å². The minimum absolute atomic E-state index is 0.0899. The van der Waals surface area contributed by atoms with Gasteiger partial charge in [-0.2, -0.15) is 0 Å². The molecular weight excluding hydrogens is 504 g/mol. The number of aliphatic hydroxyl groups excluding tert-OH is 1. The number of amides is 1. The molecule has 3 N–H and O–H groups in total. The molecule has 0 radical (unpaired) electrons. The number of unbranched alkanes of at least 4 members (excludes halogenated alkanes) is 1. The van der Waals surface area contributed by atoms with Gasteiger partial charge in [0.2, 0.25) is 0 Å². The molecule has 3 rings (SSSR count). The summed E-state index contributed by atoms with van der Waals surface area (Å²) in [6.45, 7) is 6.76. The standard InChI is InChI=1S/C30H39F2N3O2S/c1-4-6-12-35(3)20-26-10-11-29(38-26)30(37)34-27(16-23-14-24(31)17-25(32)15-23)28(36)19-33-18-22-9-7-8-21(5-2)13-22/h7-11,13-15,17,27-28,33,36H,4-6,12,16,18-20H2,1-3H3,(H,34,37)/t27-,28+/m0/s1. The smallest absolute Gasteiger partial charge is 0.261 e. The van der Waals surface area contributed by atoms with E-state index in [2.05, 4.69) is 48.6 Å². The maximum Gasteiger partial charge on any atom is 0.261 e. The first-order valence-electron chi connectivity index (χ1n) is 13.3.